The van der Waals surface area contributed by atoms with Crippen molar-refractivity contribution in [3.63, 3.8) is 0 Å². The molecule has 9 heteroatoms. The van der Waals surface area contributed by atoms with Gasteiger partial charge < -0.3 is 19.5 Å². The lowest BCUT2D eigenvalue weighted by Crippen LogP contribution is -2.40. The highest BCUT2D eigenvalue weighted by atomic mass is 32.2. The van der Waals surface area contributed by atoms with Gasteiger partial charge in [-0.25, -0.2) is 8.42 Å². The van der Waals surface area contributed by atoms with Crippen molar-refractivity contribution in [1.82, 2.24) is 8.87 Å². The Morgan fingerprint density at radius 2 is 1.76 bits per heavy atom. The predicted molar refractivity (Wildman–Crippen MR) is 135 cm³/mol. The number of ether oxygens (including phenoxy) is 1. The van der Waals surface area contributed by atoms with Crippen molar-refractivity contribution >= 4 is 38.2 Å². The van der Waals surface area contributed by atoms with Gasteiger partial charge in [0.1, 0.15) is 6.54 Å². The Labute approximate surface area is 201 Å². The van der Waals surface area contributed by atoms with E-state index in [4.69, 9.17) is 4.74 Å². The van der Waals surface area contributed by atoms with Crippen LogP contribution >= 0.6 is 0 Å². The van der Waals surface area contributed by atoms with Gasteiger partial charge in [-0.1, -0.05) is 18.2 Å². The number of nitrogens with zero attached hydrogens (tertiary/aromatic N) is 3. The quantitative estimate of drug-likeness (QED) is 0.529. The van der Waals surface area contributed by atoms with Crippen molar-refractivity contribution in [2.45, 2.75) is 32.2 Å². The smallest absolute Gasteiger partial charge is 0.244 e. The summed E-state index contributed by atoms with van der Waals surface area (Å²) in [6.07, 6.45) is 0. The van der Waals surface area contributed by atoms with E-state index in [0.717, 1.165) is 35.4 Å². The molecule has 2 aromatic carbocycles. The minimum atomic E-state index is -3.68. The van der Waals surface area contributed by atoms with Crippen LogP contribution in [-0.4, -0.2) is 62.6 Å². The van der Waals surface area contributed by atoms with Crippen LogP contribution in [0.15, 0.2) is 53.4 Å². The lowest BCUT2D eigenvalue weighted by Gasteiger charge is -2.28. The number of carbonyl (C=O) groups excluding carboxylic acids is 1. The number of benzene rings is 2. The molecule has 0 spiro atoms. The Bertz CT molecular complexity index is 1280. The highest BCUT2D eigenvalue weighted by Gasteiger charge is 2.27. The van der Waals surface area contributed by atoms with Crippen LogP contribution in [0.1, 0.15) is 19.5 Å². The van der Waals surface area contributed by atoms with Gasteiger partial charge in [0.2, 0.25) is 15.9 Å². The van der Waals surface area contributed by atoms with Crippen LogP contribution in [0.4, 0.5) is 11.4 Å². The molecule has 1 aliphatic rings. The van der Waals surface area contributed by atoms with Crippen LogP contribution in [0, 0.1) is 6.92 Å². The van der Waals surface area contributed by atoms with Crippen molar-refractivity contribution in [1.29, 1.82) is 0 Å². The number of morpholine rings is 1. The highest BCUT2D eigenvalue weighted by Crippen LogP contribution is 2.31. The summed E-state index contributed by atoms with van der Waals surface area (Å²) < 4.78 is 35.2. The molecule has 0 atom stereocenters. The summed E-state index contributed by atoms with van der Waals surface area (Å²) in [5, 5.41) is 4.08. The van der Waals surface area contributed by atoms with Gasteiger partial charge in [0, 0.05) is 37.4 Å². The number of rotatable bonds is 8. The summed E-state index contributed by atoms with van der Waals surface area (Å²) in [5.74, 6) is -0.209. The number of para-hydroxylation sites is 1. The zero-order valence-electron chi connectivity index (χ0n) is 20.0. The first-order valence-electron chi connectivity index (χ1n) is 11.7. The topological polar surface area (TPSA) is 83.9 Å². The van der Waals surface area contributed by atoms with Crippen molar-refractivity contribution in [3.8, 4) is 0 Å². The van der Waals surface area contributed by atoms with Gasteiger partial charge >= 0.3 is 0 Å². The molecule has 34 heavy (non-hydrogen) atoms. The largest absolute Gasteiger partial charge is 0.379 e. The molecule has 2 heterocycles. The number of hydrogen-bond acceptors (Lipinski definition) is 5. The van der Waals surface area contributed by atoms with Crippen LogP contribution in [0.5, 0.6) is 0 Å². The standard InChI is InChI=1S/C25H32N4O4S/c1-4-27(5-2)24-11-10-21(34(31,32)28-12-14-33-15-13-28)17-22(24)26-25(30)18-29-19(3)16-20-8-6-7-9-23(20)29/h6-11,16-17H,4-5,12-15,18H2,1-3H3,(H,26,30). The maximum atomic E-state index is 13.2. The zero-order valence-corrected chi connectivity index (χ0v) is 20.8. The molecule has 0 unspecified atom stereocenters. The number of aryl methyl sites for hydroxylation is 1. The second kappa shape index (κ2) is 10.2. The Morgan fingerprint density at radius 1 is 1.06 bits per heavy atom. The normalized spacial score (nSPS) is 14.9. The number of anilines is 2. The first-order chi connectivity index (χ1) is 16.3. The van der Waals surface area contributed by atoms with Gasteiger partial charge in [-0.15, -0.1) is 0 Å². The molecule has 0 bridgehead atoms. The SMILES string of the molecule is CCN(CC)c1ccc(S(=O)(=O)N2CCOCC2)cc1NC(=O)Cn1c(C)cc2ccccc21. The van der Waals surface area contributed by atoms with Gasteiger partial charge in [0.05, 0.1) is 29.5 Å². The average molecular weight is 485 g/mol. The predicted octanol–water partition coefficient (Wildman–Crippen LogP) is 3.46. The molecular formula is C25H32N4O4S. The maximum absolute atomic E-state index is 13.2. The van der Waals surface area contributed by atoms with E-state index in [0.29, 0.717) is 32.0 Å². The summed E-state index contributed by atoms with van der Waals surface area (Å²) >= 11 is 0. The van der Waals surface area contributed by atoms with Crippen molar-refractivity contribution in [2.75, 3.05) is 49.6 Å². The molecule has 4 rings (SSSR count). The molecule has 3 aromatic rings. The highest BCUT2D eigenvalue weighted by molar-refractivity contribution is 7.89. The molecule has 0 radical (unpaired) electrons. The summed E-state index contributed by atoms with van der Waals surface area (Å²) in [5.41, 5.74) is 3.28. The third-order valence-electron chi connectivity index (χ3n) is 6.27. The summed E-state index contributed by atoms with van der Waals surface area (Å²) in [7, 11) is -3.68. The van der Waals surface area contributed by atoms with Gasteiger partial charge in [-0.3, -0.25) is 4.79 Å². The van der Waals surface area contributed by atoms with Gasteiger partial charge in [-0.05, 0) is 56.5 Å². The molecule has 8 nitrogen and oxygen atoms in total. The Hall–Kier alpha value is -2.88. The Balaban J connectivity index is 1.66. The number of fused-ring (bicyclic) bond motifs is 1. The van der Waals surface area contributed by atoms with Crippen LogP contribution in [-0.2, 0) is 26.1 Å². The minimum Gasteiger partial charge on any atom is -0.379 e. The zero-order chi connectivity index (χ0) is 24.3. The Morgan fingerprint density at radius 3 is 2.47 bits per heavy atom. The third kappa shape index (κ3) is 4.82. The van der Waals surface area contributed by atoms with E-state index < -0.39 is 10.0 Å². The summed E-state index contributed by atoms with van der Waals surface area (Å²) in [4.78, 5) is 15.4. The first-order valence-corrected chi connectivity index (χ1v) is 13.1. The lowest BCUT2D eigenvalue weighted by molar-refractivity contribution is -0.116. The molecule has 1 saturated heterocycles. The fraction of sp³-hybridized carbons (Fsp3) is 0.400. The van der Waals surface area contributed by atoms with E-state index in [9.17, 15) is 13.2 Å². The molecule has 0 aliphatic carbocycles. The lowest BCUT2D eigenvalue weighted by atomic mass is 10.2. The van der Waals surface area contributed by atoms with E-state index in [1.807, 2.05) is 49.6 Å². The number of aromatic nitrogens is 1. The van der Waals surface area contributed by atoms with E-state index in [-0.39, 0.29) is 17.3 Å². The fourth-order valence-corrected chi connectivity index (χ4v) is 5.88. The number of amides is 1. The number of nitrogens with one attached hydrogen (secondary N) is 1. The molecule has 182 valence electrons. The van der Waals surface area contributed by atoms with Gasteiger partial charge in [0.15, 0.2) is 0 Å². The van der Waals surface area contributed by atoms with E-state index in [1.54, 1.807) is 18.2 Å². The minimum absolute atomic E-state index is 0.136. The van der Waals surface area contributed by atoms with Crippen LogP contribution in [0.2, 0.25) is 0 Å². The second-order valence-corrected chi connectivity index (χ2v) is 10.3. The monoisotopic (exact) mass is 484 g/mol. The van der Waals surface area contributed by atoms with E-state index in [1.165, 1.54) is 4.31 Å². The number of carbonyl (C=O) groups is 1. The van der Waals surface area contributed by atoms with Crippen molar-refractivity contribution < 1.29 is 17.9 Å². The van der Waals surface area contributed by atoms with Gasteiger partial charge in [-0.2, -0.15) is 4.31 Å². The fourth-order valence-electron chi connectivity index (χ4n) is 4.44. The van der Waals surface area contributed by atoms with Crippen LogP contribution in [0.25, 0.3) is 10.9 Å². The van der Waals surface area contributed by atoms with Crippen molar-refractivity contribution in [3.05, 3.63) is 54.2 Å². The van der Waals surface area contributed by atoms with Crippen molar-refractivity contribution in [2.24, 2.45) is 0 Å². The molecule has 1 amide bonds. The second-order valence-electron chi connectivity index (χ2n) is 8.35. The number of hydrogen-bond donors (Lipinski definition) is 1. The molecule has 1 N–H and O–H groups in total. The van der Waals surface area contributed by atoms with E-state index in [2.05, 4.69) is 16.3 Å². The van der Waals surface area contributed by atoms with Gasteiger partial charge in [0.25, 0.3) is 0 Å². The molecule has 1 aliphatic heterocycles. The summed E-state index contributed by atoms with van der Waals surface area (Å²) in [6, 6.07) is 15.0. The molecule has 0 saturated carbocycles. The molecule has 1 fully saturated rings. The molecular weight excluding hydrogens is 452 g/mol. The molecule has 1 aromatic heterocycles. The summed E-state index contributed by atoms with van der Waals surface area (Å²) in [6.45, 7) is 9.04. The van der Waals surface area contributed by atoms with Crippen LogP contribution in [0.3, 0.4) is 0 Å². The third-order valence-corrected chi connectivity index (χ3v) is 8.17. The first kappa shape index (κ1) is 24.3. The Kier molecular flexibility index (Phi) is 7.25. The number of sulfonamides is 1. The average Bonchev–Trinajstić information content (AvgIpc) is 3.16. The maximum Gasteiger partial charge on any atom is 0.244 e. The van der Waals surface area contributed by atoms with E-state index >= 15 is 0 Å². The van der Waals surface area contributed by atoms with Crippen LogP contribution < -0.4 is 10.2 Å².